The fourth-order valence-corrected chi connectivity index (χ4v) is 2.63. The molecule has 1 aliphatic heterocycles. The molecule has 1 aliphatic rings. The van der Waals surface area contributed by atoms with Crippen LogP contribution in [0.5, 0.6) is 0 Å². The van der Waals surface area contributed by atoms with Gasteiger partial charge < -0.3 is 19.1 Å². The van der Waals surface area contributed by atoms with E-state index >= 15 is 0 Å². The molecule has 0 saturated carbocycles. The number of methoxy groups -OCH3 is 3. The van der Waals surface area contributed by atoms with Crippen molar-refractivity contribution in [3.63, 3.8) is 0 Å². The highest BCUT2D eigenvalue weighted by Gasteiger charge is 2.29. The van der Waals surface area contributed by atoms with Crippen LogP contribution in [0, 0.1) is 12.7 Å². The monoisotopic (exact) mass is 375 g/mol. The second kappa shape index (κ2) is 8.31. The largest absolute Gasteiger partial charge is 0.465 e. The van der Waals surface area contributed by atoms with E-state index in [-0.39, 0.29) is 22.4 Å². The minimum absolute atomic E-state index is 0.0577. The molecule has 0 N–H and O–H groups in total. The van der Waals surface area contributed by atoms with E-state index in [9.17, 15) is 18.8 Å². The summed E-state index contributed by atoms with van der Waals surface area (Å²) in [5.74, 6) is -3.19. The van der Waals surface area contributed by atoms with Gasteiger partial charge in [-0.05, 0) is 36.8 Å². The number of ether oxygens (including phenoxy) is 3. The Bertz CT molecular complexity index is 884. The first-order valence-electron chi connectivity index (χ1n) is 7.79. The van der Waals surface area contributed by atoms with Gasteiger partial charge in [0.05, 0.1) is 26.9 Å². The Hall–Kier alpha value is -3.42. The molecule has 1 aromatic rings. The molecule has 0 unspecified atom stereocenters. The van der Waals surface area contributed by atoms with Crippen LogP contribution in [-0.4, -0.2) is 39.2 Å². The van der Waals surface area contributed by atoms with Crippen molar-refractivity contribution < 1.29 is 33.0 Å². The molecule has 7 nitrogen and oxygen atoms in total. The summed E-state index contributed by atoms with van der Waals surface area (Å²) in [5.41, 5.74) is 0.0413. The van der Waals surface area contributed by atoms with Gasteiger partial charge in [-0.15, -0.1) is 0 Å². The van der Waals surface area contributed by atoms with Gasteiger partial charge >= 0.3 is 17.9 Å². The fourth-order valence-electron chi connectivity index (χ4n) is 2.63. The molecule has 0 atom stereocenters. The molecule has 27 heavy (non-hydrogen) atoms. The molecule has 0 aromatic heterocycles. The van der Waals surface area contributed by atoms with Gasteiger partial charge in [-0.2, -0.15) is 0 Å². The van der Waals surface area contributed by atoms with Crippen molar-refractivity contribution in [1.82, 2.24) is 0 Å². The van der Waals surface area contributed by atoms with Crippen LogP contribution in [0.25, 0.3) is 0 Å². The summed E-state index contributed by atoms with van der Waals surface area (Å²) in [6.45, 7) is 1.50. The van der Waals surface area contributed by atoms with E-state index in [2.05, 4.69) is 4.74 Å². The number of esters is 3. The van der Waals surface area contributed by atoms with Crippen molar-refractivity contribution in [3.8, 4) is 0 Å². The summed E-state index contributed by atoms with van der Waals surface area (Å²) < 4.78 is 28.3. The molecular weight excluding hydrogens is 357 g/mol. The number of nitrogens with zero attached hydrogens (tertiary/aromatic N) is 1. The fraction of sp³-hybridized carbons (Fsp3) is 0.211. The minimum Gasteiger partial charge on any atom is -0.465 e. The van der Waals surface area contributed by atoms with Crippen LogP contribution in [0.4, 0.5) is 10.1 Å². The second-order valence-electron chi connectivity index (χ2n) is 5.37. The zero-order valence-electron chi connectivity index (χ0n) is 15.2. The molecule has 1 aromatic carbocycles. The summed E-state index contributed by atoms with van der Waals surface area (Å²) in [6, 6.07) is 2.46. The molecule has 1 heterocycles. The van der Waals surface area contributed by atoms with Crippen LogP contribution >= 0.6 is 0 Å². The number of carbonyl (C=O) groups excluding carboxylic acids is 3. The lowest BCUT2D eigenvalue weighted by molar-refractivity contribution is -0.139. The highest BCUT2D eigenvalue weighted by Crippen LogP contribution is 2.32. The van der Waals surface area contributed by atoms with Gasteiger partial charge in [-0.1, -0.05) is 6.08 Å². The smallest absolute Gasteiger partial charge is 0.355 e. The number of hydrogen-bond acceptors (Lipinski definition) is 7. The van der Waals surface area contributed by atoms with Crippen LogP contribution in [0.1, 0.15) is 15.9 Å². The van der Waals surface area contributed by atoms with Crippen LogP contribution in [0.15, 0.2) is 47.8 Å². The Kier molecular flexibility index (Phi) is 6.12. The third-order valence-corrected chi connectivity index (χ3v) is 3.92. The lowest BCUT2D eigenvalue weighted by Gasteiger charge is -2.25. The van der Waals surface area contributed by atoms with Crippen LogP contribution in [0.2, 0.25) is 0 Å². The van der Waals surface area contributed by atoms with Gasteiger partial charge in [0, 0.05) is 11.9 Å². The summed E-state index contributed by atoms with van der Waals surface area (Å²) in [4.78, 5) is 37.9. The van der Waals surface area contributed by atoms with Gasteiger partial charge in [0.2, 0.25) is 0 Å². The predicted octanol–water partition coefficient (Wildman–Crippen LogP) is 2.41. The quantitative estimate of drug-likeness (QED) is 0.590. The normalized spacial score (nSPS) is 13.3. The van der Waals surface area contributed by atoms with Gasteiger partial charge in [0.15, 0.2) is 0 Å². The molecule has 0 aliphatic carbocycles. The van der Waals surface area contributed by atoms with Gasteiger partial charge in [-0.3, -0.25) is 0 Å². The first kappa shape index (κ1) is 19.9. The number of halogens is 1. The van der Waals surface area contributed by atoms with E-state index in [4.69, 9.17) is 9.47 Å². The van der Waals surface area contributed by atoms with E-state index in [1.54, 1.807) is 6.08 Å². The minimum atomic E-state index is -0.861. The van der Waals surface area contributed by atoms with Crippen LogP contribution < -0.4 is 4.90 Å². The lowest BCUT2D eigenvalue weighted by Crippen LogP contribution is -2.28. The van der Waals surface area contributed by atoms with Crippen molar-refractivity contribution in [2.75, 3.05) is 26.2 Å². The van der Waals surface area contributed by atoms with E-state index in [0.29, 0.717) is 5.69 Å². The maximum Gasteiger partial charge on any atom is 0.355 e. The second-order valence-corrected chi connectivity index (χ2v) is 5.37. The highest BCUT2D eigenvalue weighted by molar-refractivity contribution is 6.06. The van der Waals surface area contributed by atoms with E-state index < -0.39 is 23.7 Å². The van der Waals surface area contributed by atoms with Crippen LogP contribution in [0.3, 0.4) is 0 Å². The Morgan fingerprint density at radius 2 is 1.56 bits per heavy atom. The number of hydrogen-bond donors (Lipinski definition) is 0. The van der Waals surface area contributed by atoms with Gasteiger partial charge in [0.1, 0.15) is 17.1 Å². The van der Waals surface area contributed by atoms with Gasteiger partial charge in [-0.25, -0.2) is 18.8 Å². The zero-order valence-corrected chi connectivity index (χ0v) is 15.2. The molecule has 142 valence electrons. The average Bonchev–Trinajstić information content (AvgIpc) is 2.89. The lowest BCUT2D eigenvalue weighted by atomic mass is 10.0. The van der Waals surface area contributed by atoms with E-state index in [1.165, 1.54) is 43.4 Å². The van der Waals surface area contributed by atoms with Crippen LogP contribution in [-0.2, 0) is 23.8 Å². The number of carbonyl (C=O) groups is 3. The predicted molar refractivity (Wildman–Crippen MR) is 94.3 cm³/mol. The van der Waals surface area contributed by atoms with Crippen molar-refractivity contribution in [3.05, 3.63) is 64.8 Å². The maximum absolute atomic E-state index is 14.2. The van der Waals surface area contributed by atoms with Crippen molar-refractivity contribution in [1.29, 1.82) is 0 Å². The molecule has 8 heteroatoms. The number of allylic oxidation sites excluding steroid dienone is 2. The van der Waals surface area contributed by atoms with Crippen molar-refractivity contribution >= 4 is 23.6 Å². The Balaban J connectivity index is 2.77. The number of rotatable bonds is 4. The standard InChI is InChI=1S/C19H18FNO6/c1-11-14(9-8-13(20)15(11)18(23)26-3)21-10-6-5-7-12(17(22)25-2)16(21)19(24)27-4/h5-10H,1-4H3. The number of benzene rings is 1. The summed E-state index contributed by atoms with van der Waals surface area (Å²) in [7, 11) is 3.48. The molecule has 0 fully saturated rings. The molecule has 0 spiro atoms. The first-order chi connectivity index (χ1) is 12.9. The molecule has 2 rings (SSSR count). The van der Waals surface area contributed by atoms with E-state index in [1.807, 2.05) is 0 Å². The van der Waals surface area contributed by atoms with Crippen molar-refractivity contribution in [2.45, 2.75) is 6.92 Å². The van der Waals surface area contributed by atoms with Gasteiger partial charge in [0.25, 0.3) is 0 Å². The molecule has 0 amide bonds. The highest BCUT2D eigenvalue weighted by atomic mass is 19.1. The first-order valence-corrected chi connectivity index (χ1v) is 7.79. The number of anilines is 1. The summed E-state index contributed by atoms with van der Waals surface area (Å²) in [6.07, 6.45) is 5.99. The molecular formula is C19H18FNO6. The Morgan fingerprint density at radius 3 is 2.15 bits per heavy atom. The zero-order chi connectivity index (χ0) is 20.1. The SMILES string of the molecule is COC(=O)C1=C(C(=O)OC)N(c2ccc(F)c(C(=O)OC)c2C)C=CC=C1. The Labute approximate surface area is 155 Å². The summed E-state index contributed by atoms with van der Waals surface area (Å²) >= 11 is 0. The average molecular weight is 375 g/mol. The third-order valence-electron chi connectivity index (χ3n) is 3.92. The molecule has 0 bridgehead atoms. The van der Waals surface area contributed by atoms with Crippen molar-refractivity contribution in [2.24, 2.45) is 0 Å². The maximum atomic E-state index is 14.2. The molecule has 0 radical (unpaired) electrons. The third kappa shape index (κ3) is 3.74. The Morgan fingerprint density at radius 1 is 0.926 bits per heavy atom. The molecule has 0 saturated heterocycles. The van der Waals surface area contributed by atoms with E-state index in [0.717, 1.165) is 20.3 Å². The summed E-state index contributed by atoms with van der Waals surface area (Å²) in [5, 5.41) is 0. The topological polar surface area (TPSA) is 82.1 Å².